The number of carbonyl (C=O) groups is 1. The summed E-state index contributed by atoms with van der Waals surface area (Å²) < 4.78 is 5.87. The molecule has 2 aliphatic rings. The Kier molecular flexibility index (Phi) is 6.02. The van der Waals surface area contributed by atoms with Crippen LogP contribution in [0.15, 0.2) is 0 Å². The van der Waals surface area contributed by atoms with E-state index in [-0.39, 0.29) is 12.1 Å². The lowest BCUT2D eigenvalue weighted by molar-refractivity contribution is -0.147. The van der Waals surface area contributed by atoms with Crippen LogP contribution in [0.25, 0.3) is 0 Å². The zero-order valence-electron chi connectivity index (χ0n) is 13.6. The number of hydrogen-bond acceptors (Lipinski definition) is 4. The summed E-state index contributed by atoms with van der Waals surface area (Å²) in [5, 5.41) is 9.50. The molecule has 122 valence electrons. The Morgan fingerprint density at radius 3 is 2.76 bits per heavy atom. The second kappa shape index (κ2) is 7.56. The highest BCUT2D eigenvalue weighted by Crippen LogP contribution is 2.26. The molecule has 5 heteroatoms. The Morgan fingerprint density at radius 1 is 1.38 bits per heavy atom. The Balaban J connectivity index is 1.92. The van der Waals surface area contributed by atoms with Gasteiger partial charge in [-0.05, 0) is 39.2 Å². The lowest BCUT2D eigenvalue weighted by Gasteiger charge is -2.41. The van der Waals surface area contributed by atoms with Crippen molar-refractivity contribution < 1.29 is 14.6 Å². The molecule has 0 aromatic carbocycles. The Morgan fingerprint density at radius 2 is 2.14 bits per heavy atom. The molecule has 0 amide bonds. The predicted octanol–water partition coefficient (Wildman–Crippen LogP) is 1.67. The molecule has 0 aromatic rings. The number of morpholine rings is 1. The van der Waals surface area contributed by atoms with E-state index in [1.165, 1.54) is 0 Å². The van der Waals surface area contributed by atoms with Gasteiger partial charge in [-0.2, -0.15) is 0 Å². The molecule has 0 aliphatic carbocycles. The fraction of sp³-hybridized carbons (Fsp3) is 0.938. The van der Waals surface area contributed by atoms with Crippen molar-refractivity contribution in [2.24, 2.45) is 5.92 Å². The van der Waals surface area contributed by atoms with E-state index in [9.17, 15) is 9.90 Å². The van der Waals surface area contributed by atoms with Gasteiger partial charge in [-0.3, -0.25) is 14.6 Å². The topological polar surface area (TPSA) is 53.0 Å². The minimum absolute atomic E-state index is 0.140. The molecule has 1 N–H and O–H groups in total. The highest BCUT2D eigenvalue weighted by molar-refractivity contribution is 5.73. The van der Waals surface area contributed by atoms with Crippen molar-refractivity contribution in [3.63, 3.8) is 0 Å². The Labute approximate surface area is 128 Å². The average Bonchev–Trinajstić information content (AvgIpc) is 2.47. The van der Waals surface area contributed by atoms with Crippen molar-refractivity contribution in [1.82, 2.24) is 9.80 Å². The molecule has 2 fully saturated rings. The van der Waals surface area contributed by atoms with Gasteiger partial charge in [0.05, 0.1) is 12.7 Å². The second-order valence-corrected chi connectivity index (χ2v) is 6.73. The largest absolute Gasteiger partial charge is 0.480 e. The number of piperidine rings is 1. The lowest BCUT2D eigenvalue weighted by atomic mass is 9.88. The van der Waals surface area contributed by atoms with Gasteiger partial charge in [0.25, 0.3) is 0 Å². The molecule has 0 spiro atoms. The smallest absolute Gasteiger partial charge is 0.320 e. The van der Waals surface area contributed by atoms with Gasteiger partial charge in [-0.25, -0.2) is 0 Å². The van der Waals surface area contributed by atoms with Gasteiger partial charge in [-0.15, -0.1) is 0 Å². The van der Waals surface area contributed by atoms with Crippen LogP contribution in [0.2, 0.25) is 0 Å². The highest BCUT2D eigenvalue weighted by atomic mass is 16.5. The van der Waals surface area contributed by atoms with Crippen LogP contribution in [-0.2, 0) is 9.53 Å². The molecule has 0 bridgehead atoms. The quantitative estimate of drug-likeness (QED) is 0.837. The molecule has 0 radical (unpaired) electrons. The van der Waals surface area contributed by atoms with Crippen molar-refractivity contribution in [3.8, 4) is 0 Å². The predicted molar refractivity (Wildman–Crippen MR) is 82.5 cm³/mol. The number of nitrogens with zero attached hydrogens (tertiary/aromatic N) is 2. The monoisotopic (exact) mass is 298 g/mol. The molecule has 0 aromatic heterocycles. The van der Waals surface area contributed by atoms with E-state index in [1.807, 2.05) is 0 Å². The zero-order valence-corrected chi connectivity index (χ0v) is 13.6. The summed E-state index contributed by atoms with van der Waals surface area (Å²) in [5.74, 6) is -0.119. The molecule has 3 unspecified atom stereocenters. The molecule has 2 aliphatic heterocycles. The van der Waals surface area contributed by atoms with Crippen LogP contribution in [0.1, 0.15) is 40.0 Å². The molecule has 2 saturated heterocycles. The van der Waals surface area contributed by atoms with Crippen molar-refractivity contribution in [3.05, 3.63) is 0 Å². The average molecular weight is 298 g/mol. The van der Waals surface area contributed by atoms with Gasteiger partial charge in [0.2, 0.25) is 0 Å². The summed E-state index contributed by atoms with van der Waals surface area (Å²) in [6, 6.07) is 0.194. The number of likely N-dealkylation sites (tertiary alicyclic amines) is 1. The minimum Gasteiger partial charge on any atom is -0.480 e. The summed E-state index contributed by atoms with van der Waals surface area (Å²) in [6.07, 6.45) is 3.12. The van der Waals surface area contributed by atoms with E-state index in [1.54, 1.807) is 0 Å². The first kappa shape index (κ1) is 16.7. The van der Waals surface area contributed by atoms with E-state index in [0.29, 0.717) is 12.0 Å². The van der Waals surface area contributed by atoms with Crippen LogP contribution in [0.3, 0.4) is 0 Å². The number of carboxylic acids is 1. The van der Waals surface area contributed by atoms with E-state index in [2.05, 4.69) is 30.6 Å². The third-order valence-electron chi connectivity index (χ3n) is 5.02. The van der Waals surface area contributed by atoms with Crippen molar-refractivity contribution in [1.29, 1.82) is 0 Å². The van der Waals surface area contributed by atoms with Crippen molar-refractivity contribution in [2.75, 3.05) is 32.8 Å². The SMILES string of the molecule is CCC1CCN(CC2CN(C(C)C)CCO2)C(C(=O)O)C1. The van der Waals surface area contributed by atoms with Crippen LogP contribution in [0.5, 0.6) is 0 Å². The van der Waals surface area contributed by atoms with Crippen molar-refractivity contribution in [2.45, 2.75) is 58.2 Å². The summed E-state index contributed by atoms with van der Waals surface area (Å²) in [6.45, 7) is 10.8. The Hall–Kier alpha value is -0.650. The van der Waals surface area contributed by atoms with Gasteiger partial charge in [0.1, 0.15) is 6.04 Å². The molecular formula is C16H30N2O3. The summed E-state index contributed by atoms with van der Waals surface area (Å²) in [5.41, 5.74) is 0. The number of carboxylic acid groups (broad SMARTS) is 1. The second-order valence-electron chi connectivity index (χ2n) is 6.73. The fourth-order valence-electron chi connectivity index (χ4n) is 3.52. The van der Waals surface area contributed by atoms with Gasteiger partial charge in [0, 0.05) is 25.7 Å². The number of hydrogen-bond donors (Lipinski definition) is 1. The first-order chi connectivity index (χ1) is 10.0. The van der Waals surface area contributed by atoms with Crippen LogP contribution in [0.4, 0.5) is 0 Å². The van der Waals surface area contributed by atoms with Crippen LogP contribution in [0, 0.1) is 5.92 Å². The maximum absolute atomic E-state index is 11.5. The molecule has 2 rings (SSSR count). The molecule has 0 saturated carbocycles. The van der Waals surface area contributed by atoms with Crippen LogP contribution >= 0.6 is 0 Å². The minimum atomic E-state index is -0.676. The van der Waals surface area contributed by atoms with E-state index >= 15 is 0 Å². The number of ether oxygens (including phenoxy) is 1. The summed E-state index contributed by atoms with van der Waals surface area (Å²) in [4.78, 5) is 16.1. The van der Waals surface area contributed by atoms with E-state index < -0.39 is 5.97 Å². The van der Waals surface area contributed by atoms with Crippen LogP contribution in [-0.4, -0.2) is 71.8 Å². The molecular weight excluding hydrogens is 268 g/mol. The first-order valence-corrected chi connectivity index (χ1v) is 8.33. The number of rotatable bonds is 5. The number of aliphatic carboxylic acids is 1. The lowest BCUT2D eigenvalue weighted by Crippen LogP contribution is -2.54. The van der Waals surface area contributed by atoms with E-state index in [0.717, 1.165) is 52.0 Å². The highest BCUT2D eigenvalue weighted by Gasteiger charge is 2.35. The van der Waals surface area contributed by atoms with E-state index in [4.69, 9.17) is 4.74 Å². The standard InChI is InChI=1S/C16H30N2O3/c1-4-13-5-6-18(15(9-13)16(19)20)11-14-10-17(12(2)3)7-8-21-14/h12-15H,4-11H2,1-3H3,(H,19,20). The maximum atomic E-state index is 11.5. The van der Waals surface area contributed by atoms with Gasteiger partial charge < -0.3 is 9.84 Å². The Bertz CT molecular complexity index is 348. The fourth-order valence-corrected chi connectivity index (χ4v) is 3.52. The molecule has 21 heavy (non-hydrogen) atoms. The van der Waals surface area contributed by atoms with Gasteiger partial charge in [0.15, 0.2) is 0 Å². The summed E-state index contributed by atoms with van der Waals surface area (Å²) >= 11 is 0. The molecule has 3 atom stereocenters. The third kappa shape index (κ3) is 4.41. The first-order valence-electron chi connectivity index (χ1n) is 8.33. The van der Waals surface area contributed by atoms with Gasteiger partial charge >= 0.3 is 5.97 Å². The molecule has 5 nitrogen and oxygen atoms in total. The molecule has 2 heterocycles. The van der Waals surface area contributed by atoms with Crippen molar-refractivity contribution >= 4 is 5.97 Å². The van der Waals surface area contributed by atoms with Crippen LogP contribution < -0.4 is 0 Å². The summed E-state index contributed by atoms with van der Waals surface area (Å²) in [7, 11) is 0. The zero-order chi connectivity index (χ0) is 15.4. The third-order valence-corrected chi connectivity index (χ3v) is 5.02. The van der Waals surface area contributed by atoms with Gasteiger partial charge in [-0.1, -0.05) is 13.3 Å². The maximum Gasteiger partial charge on any atom is 0.320 e. The normalized spacial score (nSPS) is 32.5.